The standard InChI is InChI=1S/C15H21N3O2/c1-12-13(8-14(9-16)17(12)2)10-18-5-3-4-15(11-18)19-6-7-20-15/h8H,3-7,10-11H2,1-2H3. The van der Waals surface area contributed by atoms with E-state index in [1.54, 1.807) is 0 Å². The zero-order valence-electron chi connectivity index (χ0n) is 12.2. The fraction of sp³-hybridized carbons (Fsp3) is 0.667. The van der Waals surface area contributed by atoms with Crippen molar-refractivity contribution in [1.29, 1.82) is 5.26 Å². The van der Waals surface area contributed by atoms with Crippen molar-refractivity contribution in [3.05, 3.63) is 23.0 Å². The number of likely N-dealkylation sites (tertiary alicyclic amines) is 1. The molecule has 0 aliphatic carbocycles. The Balaban J connectivity index is 1.73. The maximum atomic E-state index is 9.11. The van der Waals surface area contributed by atoms with Gasteiger partial charge < -0.3 is 14.0 Å². The fourth-order valence-electron chi connectivity index (χ4n) is 3.21. The predicted molar refractivity (Wildman–Crippen MR) is 74.0 cm³/mol. The highest BCUT2D eigenvalue weighted by atomic mass is 16.7. The Kier molecular flexibility index (Phi) is 3.55. The van der Waals surface area contributed by atoms with Gasteiger partial charge in [-0.15, -0.1) is 0 Å². The molecule has 0 amide bonds. The Morgan fingerprint density at radius 3 is 2.80 bits per heavy atom. The summed E-state index contributed by atoms with van der Waals surface area (Å²) in [5.74, 6) is -0.376. The molecule has 1 aromatic heterocycles. The highest BCUT2D eigenvalue weighted by molar-refractivity contribution is 5.34. The van der Waals surface area contributed by atoms with Gasteiger partial charge in [-0.3, -0.25) is 4.90 Å². The molecule has 1 aromatic rings. The number of nitrogens with zero attached hydrogens (tertiary/aromatic N) is 3. The predicted octanol–water partition coefficient (Wildman–Crippen LogP) is 1.54. The van der Waals surface area contributed by atoms with Crippen LogP contribution in [0.25, 0.3) is 0 Å². The first-order chi connectivity index (χ1) is 9.63. The van der Waals surface area contributed by atoms with Gasteiger partial charge in [0.15, 0.2) is 5.79 Å². The molecule has 0 bridgehead atoms. The van der Waals surface area contributed by atoms with E-state index in [2.05, 4.69) is 17.9 Å². The van der Waals surface area contributed by atoms with Crippen LogP contribution in [-0.2, 0) is 23.1 Å². The zero-order valence-corrected chi connectivity index (χ0v) is 12.2. The highest BCUT2D eigenvalue weighted by Crippen LogP contribution is 2.31. The van der Waals surface area contributed by atoms with Gasteiger partial charge in [-0.25, -0.2) is 0 Å². The van der Waals surface area contributed by atoms with Crippen molar-refractivity contribution < 1.29 is 9.47 Å². The quantitative estimate of drug-likeness (QED) is 0.821. The average Bonchev–Trinajstić information content (AvgIpc) is 2.99. The van der Waals surface area contributed by atoms with Crippen molar-refractivity contribution in [1.82, 2.24) is 9.47 Å². The summed E-state index contributed by atoms with van der Waals surface area (Å²) in [5.41, 5.74) is 3.10. The SMILES string of the molecule is Cc1c(CN2CCCC3(C2)OCCO3)cc(C#N)n1C. The van der Waals surface area contributed by atoms with E-state index in [-0.39, 0.29) is 5.79 Å². The number of nitriles is 1. The summed E-state index contributed by atoms with van der Waals surface area (Å²) >= 11 is 0. The first-order valence-corrected chi connectivity index (χ1v) is 7.19. The number of aromatic nitrogens is 1. The normalized spacial score (nSPS) is 22.2. The molecular formula is C15H21N3O2. The summed E-state index contributed by atoms with van der Waals surface area (Å²) in [6.07, 6.45) is 2.08. The van der Waals surface area contributed by atoms with Gasteiger partial charge in [0, 0.05) is 25.7 Å². The summed E-state index contributed by atoms with van der Waals surface area (Å²) in [7, 11) is 1.94. The van der Waals surface area contributed by atoms with Crippen LogP contribution < -0.4 is 0 Å². The summed E-state index contributed by atoms with van der Waals surface area (Å²) < 4.78 is 13.6. The van der Waals surface area contributed by atoms with Crippen LogP contribution in [0.5, 0.6) is 0 Å². The van der Waals surface area contributed by atoms with Gasteiger partial charge in [0.2, 0.25) is 0 Å². The largest absolute Gasteiger partial charge is 0.346 e. The maximum Gasteiger partial charge on any atom is 0.181 e. The van der Waals surface area contributed by atoms with Gasteiger partial charge in [0.25, 0.3) is 0 Å². The van der Waals surface area contributed by atoms with Gasteiger partial charge >= 0.3 is 0 Å². The third-order valence-corrected chi connectivity index (χ3v) is 4.46. The minimum absolute atomic E-state index is 0.376. The Bertz CT molecular complexity index is 538. The number of hydrogen-bond donors (Lipinski definition) is 0. The topological polar surface area (TPSA) is 50.4 Å². The van der Waals surface area contributed by atoms with Crippen molar-refractivity contribution >= 4 is 0 Å². The van der Waals surface area contributed by atoms with Crippen LogP contribution in [0.2, 0.25) is 0 Å². The molecule has 0 radical (unpaired) electrons. The monoisotopic (exact) mass is 275 g/mol. The van der Waals surface area contributed by atoms with Crippen molar-refractivity contribution in [3.8, 4) is 6.07 Å². The van der Waals surface area contributed by atoms with Crippen LogP contribution in [0, 0.1) is 18.3 Å². The Labute approximate surface area is 119 Å². The molecule has 2 aliphatic rings. The molecule has 0 aromatic carbocycles. The molecule has 3 rings (SSSR count). The van der Waals surface area contributed by atoms with Crippen LogP contribution >= 0.6 is 0 Å². The second-order valence-corrected chi connectivity index (χ2v) is 5.73. The third-order valence-electron chi connectivity index (χ3n) is 4.46. The minimum Gasteiger partial charge on any atom is -0.346 e. The smallest absolute Gasteiger partial charge is 0.181 e. The lowest BCUT2D eigenvalue weighted by Gasteiger charge is -2.38. The molecule has 2 aliphatic heterocycles. The molecule has 20 heavy (non-hydrogen) atoms. The van der Waals surface area contributed by atoms with Crippen molar-refractivity contribution in [2.24, 2.45) is 7.05 Å². The molecule has 0 atom stereocenters. The number of rotatable bonds is 2. The number of ether oxygens (including phenoxy) is 2. The fourth-order valence-corrected chi connectivity index (χ4v) is 3.21. The van der Waals surface area contributed by atoms with E-state index in [0.29, 0.717) is 13.2 Å². The van der Waals surface area contributed by atoms with Crippen molar-refractivity contribution in [2.75, 3.05) is 26.3 Å². The lowest BCUT2D eigenvalue weighted by atomic mass is 10.0. The van der Waals surface area contributed by atoms with Crippen LogP contribution in [-0.4, -0.2) is 41.6 Å². The first-order valence-electron chi connectivity index (χ1n) is 7.19. The van der Waals surface area contributed by atoms with E-state index in [0.717, 1.165) is 43.9 Å². The molecule has 2 fully saturated rings. The van der Waals surface area contributed by atoms with Crippen LogP contribution in [0.4, 0.5) is 0 Å². The summed E-state index contributed by atoms with van der Waals surface area (Å²) in [6, 6.07) is 4.23. The molecular weight excluding hydrogens is 254 g/mol. The minimum atomic E-state index is -0.376. The van der Waals surface area contributed by atoms with E-state index >= 15 is 0 Å². The first kappa shape index (κ1) is 13.6. The molecule has 0 saturated carbocycles. The van der Waals surface area contributed by atoms with E-state index in [4.69, 9.17) is 14.7 Å². The number of piperidine rings is 1. The van der Waals surface area contributed by atoms with E-state index in [1.165, 1.54) is 5.56 Å². The molecule has 0 unspecified atom stereocenters. The second kappa shape index (κ2) is 5.21. The zero-order chi connectivity index (χ0) is 14.2. The Morgan fingerprint density at radius 2 is 2.15 bits per heavy atom. The third kappa shape index (κ3) is 2.35. The van der Waals surface area contributed by atoms with Gasteiger partial charge in [0.1, 0.15) is 11.8 Å². The maximum absolute atomic E-state index is 9.11. The molecule has 5 nitrogen and oxygen atoms in total. The molecule has 3 heterocycles. The molecule has 1 spiro atoms. The molecule has 5 heteroatoms. The van der Waals surface area contributed by atoms with Crippen LogP contribution in [0.1, 0.15) is 29.8 Å². The van der Waals surface area contributed by atoms with Gasteiger partial charge in [0.05, 0.1) is 19.8 Å². The summed E-state index contributed by atoms with van der Waals surface area (Å²) in [5, 5.41) is 9.11. The lowest BCUT2D eigenvalue weighted by molar-refractivity contribution is -0.190. The highest BCUT2D eigenvalue weighted by Gasteiger charge is 2.40. The van der Waals surface area contributed by atoms with Gasteiger partial charge in [-0.2, -0.15) is 5.26 Å². The lowest BCUT2D eigenvalue weighted by Crippen LogP contribution is -2.48. The van der Waals surface area contributed by atoms with Gasteiger partial charge in [-0.1, -0.05) is 0 Å². The van der Waals surface area contributed by atoms with E-state index in [9.17, 15) is 0 Å². The molecule has 108 valence electrons. The van der Waals surface area contributed by atoms with E-state index in [1.807, 2.05) is 17.7 Å². The average molecular weight is 275 g/mol. The van der Waals surface area contributed by atoms with E-state index < -0.39 is 0 Å². The van der Waals surface area contributed by atoms with Crippen molar-refractivity contribution in [2.45, 2.75) is 32.1 Å². The Morgan fingerprint density at radius 1 is 1.40 bits per heavy atom. The molecule has 2 saturated heterocycles. The number of hydrogen-bond acceptors (Lipinski definition) is 4. The summed E-state index contributed by atoms with van der Waals surface area (Å²) in [6.45, 7) is 6.22. The van der Waals surface area contributed by atoms with Gasteiger partial charge in [-0.05, 0) is 31.5 Å². The summed E-state index contributed by atoms with van der Waals surface area (Å²) in [4.78, 5) is 2.37. The van der Waals surface area contributed by atoms with Crippen LogP contribution in [0.3, 0.4) is 0 Å². The van der Waals surface area contributed by atoms with Crippen LogP contribution in [0.15, 0.2) is 6.07 Å². The second-order valence-electron chi connectivity index (χ2n) is 5.73. The molecule has 0 N–H and O–H groups in total. The Hall–Kier alpha value is -1.35. The van der Waals surface area contributed by atoms with Crippen molar-refractivity contribution in [3.63, 3.8) is 0 Å².